The van der Waals surface area contributed by atoms with E-state index in [1.54, 1.807) is 13.0 Å². The number of hydrogen-bond acceptors (Lipinski definition) is 6. The zero-order valence-electron chi connectivity index (χ0n) is 11.9. The maximum atomic E-state index is 11.4. The van der Waals surface area contributed by atoms with E-state index in [1.807, 2.05) is 20.8 Å². The molecule has 0 saturated carbocycles. The molecule has 0 spiro atoms. The van der Waals surface area contributed by atoms with E-state index in [0.717, 1.165) is 0 Å². The molecule has 0 fully saturated rings. The minimum atomic E-state index is -0.196. The molecule has 0 aliphatic rings. The van der Waals surface area contributed by atoms with Crippen LogP contribution in [0, 0.1) is 6.92 Å². The molecule has 0 aromatic carbocycles. The number of rotatable bonds is 2. The van der Waals surface area contributed by atoms with Gasteiger partial charge in [0.05, 0.1) is 0 Å². The van der Waals surface area contributed by atoms with Crippen LogP contribution in [0.3, 0.4) is 0 Å². The van der Waals surface area contributed by atoms with Crippen molar-refractivity contribution in [2.24, 2.45) is 0 Å². The predicted molar refractivity (Wildman–Crippen MR) is 78.9 cm³/mol. The van der Waals surface area contributed by atoms with Crippen molar-refractivity contribution in [3.63, 3.8) is 0 Å². The lowest BCUT2D eigenvalue weighted by atomic mass is 9.96. The fourth-order valence-electron chi connectivity index (χ4n) is 1.53. The van der Waals surface area contributed by atoms with Gasteiger partial charge in [-0.05, 0) is 18.7 Å². The summed E-state index contributed by atoms with van der Waals surface area (Å²) in [5.74, 6) is 1.07. The molecule has 0 unspecified atom stereocenters. The van der Waals surface area contributed by atoms with Crippen LogP contribution in [0.4, 0.5) is 5.82 Å². The number of H-pyrrole nitrogens is 1. The number of aromatic nitrogens is 4. The highest BCUT2D eigenvalue weighted by molar-refractivity contribution is 7.99. The molecule has 3 N–H and O–H groups in total. The summed E-state index contributed by atoms with van der Waals surface area (Å²) in [7, 11) is 0. The van der Waals surface area contributed by atoms with Crippen molar-refractivity contribution in [1.29, 1.82) is 0 Å². The molecule has 0 aliphatic heterocycles. The molecule has 2 rings (SSSR count). The van der Waals surface area contributed by atoms with E-state index >= 15 is 0 Å². The van der Waals surface area contributed by atoms with Gasteiger partial charge in [-0.2, -0.15) is 0 Å². The van der Waals surface area contributed by atoms with E-state index in [4.69, 9.17) is 5.73 Å². The molecular formula is C13H17N5OS. The Labute approximate surface area is 121 Å². The molecule has 0 saturated heterocycles. The highest BCUT2D eigenvalue weighted by atomic mass is 32.2. The summed E-state index contributed by atoms with van der Waals surface area (Å²) in [6, 6.07) is 3.11. The molecule has 2 aromatic heterocycles. The molecule has 0 atom stereocenters. The van der Waals surface area contributed by atoms with E-state index in [-0.39, 0.29) is 11.0 Å². The van der Waals surface area contributed by atoms with Crippen LogP contribution in [-0.4, -0.2) is 19.9 Å². The summed E-state index contributed by atoms with van der Waals surface area (Å²) >= 11 is 1.26. The van der Waals surface area contributed by atoms with Gasteiger partial charge in [-0.15, -0.1) is 0 Å². The maximum absolute atomic E-state index is 11.4. The third-order valence-electron chi connectivity index (χ3n) is 2.44. The minimum Gasteiger partial charge on any atom is -0.384 e. The Morgan fingerprint density at radius 2 is 1.90 bits per heavy atom. The average molecular weight is 291 g/mol. The second kappa shape index (κ2) is 5.24. The highest BCUT2D eigenvalue weighted by Crippen LogP contribution is 2.26. The van der Waals surface area contributed by atoms with Gasteiger partial charge in [-0.3, -0.25) is 4.79 Å². The van der Waals surface area contributed by atoms with Crippen LogP contribution < -0.4 is 11.3 Å². The number of aromatic amines is 1. The van der Waals surface area contributed by atoms with Crippen molar-refractivity contribution in [2.75, 3.05) is 5.73 Å². The van der Waals surface area contributed by atoms with E-state index in [2.05, 4.69) is 19.9 Å². The van der Waals surface area contributed by atoms with Crippen LogP contribution in [0.25, 0.3) is 0 Å². The monoisotopic (exact) mass is 291 g/mol. The molecule has 6 nitrogen and oxygen atoms in total. The number of nitrogens with two attached hydrogens (primary N) is 1. The van der Waals surface area contributed by atoms with Gasteiger partial charge in [0.25, 0.3) is 5.56 Å². The molecule has 106 valence electrons. The van der Waals surface area contributed by atoms with Crippen molar-refractivity contribution in [2.45, 2.75) is 43.3 Å². The van der Waals surface area contributed by atoms with Gasteiger partial charge in [-0.1, -0.05) is 20.8 Å². The molecule has 0 amide bonds. The molecule has 2 aromatic rings. The van der Waals surface area contributed by atoms with Gasteiger partial charge in [0.1, 0.15) is 16.7 Å². The van der Waals surface area contributed by atoms with Gasteiger partial charge in [0, 0.05) is 23.2 Å². The zero-order chi connectivity index (χ0) is 14.9. The fourth-order valence-corrected chi connectivity index (χ4v) is 2.38. The van der Waals surface area contributed by atoms with Crippen LogP contribution in [0.15, 0.2) is 27.1 Å². The summed E-state index contributed by atoms with van der Waals surface area (Å²) in [4.78, 5) is 27.1. The molecular weight excluding hydrogens is 274 g/mol. The second-order valence-corrected chi connectivity index (χ2v) is 6.51. The van der Waals surface area contributed by atoms with Crippen molar-refractivity contribution < 1.29 is 0 Å². The van der Waals surface area contributed by atoms with Crippen LogP contribution in [0.1, 0.15) is 32.3 Å². The number of nitrogen functional groups attached to an aromatic ring is 1. The van der Waals surface area contributed by atoms with Gasteiger partial charge in [0.2, 0.25) is 0 Å². The number of nitrogens with zero attached hydrogens (tertiary/aromatic N) is 3. The second-order valence-electron chi connectivity index (χ2n) is 5.50. The Hall–Kier alpha value is -1.89. The Balaban J connectivity index is 2.38. The summed E-state index contributed by atoms with van der Waals surface area (Å²) in [5.41, 5.74) is 6.10. The number of anilines is 1. The SMILES string of the molecule is Cc1cc(=O)[nH]c(Sc2cc(N)nc(C(C)(C)C)n2)n1. The van der Waals surface area contributed by atoms with Crippen LogP contribution >= 0.6 is 11.8 Å². The van der Waals surface area contributed by atoms with Gasteiger partial charge in [0.15, 0.2) is 5.16 Å². The quantitative estimate of drug-likeness (QED) is 0.648. The first-order valence-corrected chi connectivity index (χ1v) is 6.96. The topological polar surface area (TPSA) is 97.5 Å². The molecule has 0 bridgehead atoms. The van der Waals surface area contributed by atoms with Crippen LogP contribution in [-0.2, 0) is 5.41 Å². The minimum absolute atomic E-state index is 0.182. The normalized spacial score (nSPS) is 11.6. The third kappa shape index (κ3) is 3.57. The first kappa shape index (κ1) is 14.5. The summed E-state index contributed by atoms with van der Waals surface area (Å²) in [6.07, 6.45) is 0. The van der Waals surface area contributed by atoms with E-state index in [0.29, 0.717) is 27.5 Å². The molecule has 20 heavy (non-hydrogen) atoms. The zero-order valence-corrected chi connectivity index (χ0v) is 12.7. The fraction of sp³-hybridized carbons (Fsp3) is 0.385. The standard InChI is InChI=1S/C13H17N5OS/c1-7-5-9(19)17-12(15-7)20-10-6-8(14)16-11(18-10)13(2,3)4/h5-6H,1-4H3,(H2,14,16,18)(H,15,17,19). The number of aryl methyl sites for hydroxylation is 1. The summed E-state index contributed by atoms with van der Waals surface area (Å²) < 4.78 is 0. The van der Waals surface area contributed by atoms with Crippen molar-refractivity contribution in [3.8, 4) is 0 Å². The predicted octanol–water partition coefficient (Wildman–Crippen LogP) is 1.90. The van der Waals surface area contributed by atoms with Crippen molar-refractivity contribution >= 4 is 17.6 Å². The highest BCUT2D eigenvalue weighted by Gasteiger charge is 2.19. The Morgan fingerprint density at radius 3 is 2.50 bits per heavy atom. The number of hydrogen-bond donors (Lipinski definition) is 2. The molecule has 2 heterocycles. The Kier molecular flexibility index (Phi) is 3.80. The van der Waals surface area contributed by atoms with Gasteiger partial charge < -0.3 is 10.7 Å². The summed E-state index contributed by atoms with van der Waals surface area (Å²) in [6.45, 7) is 7.82. The lowest BCUT2D eigenvalue weighted by Gasteiger charge is -2.17. The average Bonchev–Trinajstić information content (AvgIpc) is 2.25. The van der Waals surface area contributed by atoms with Crippen LogP contribution in [0.5, 0.6) is 0 Å². The number of nitrogens with one attached hydrogen (secondary N) is 1. The van der Waals surface area contributed by atoms with Crippen molar-refractivity contribution in [3.05, 3.63) is 34.0 Å². The lowest BCUT2D eigenvalue weighted by Crippen LogP contribution is -2.17. The molecule has 0 radical (unpaired) electrons. The van der Waals surface area contributed by atoms with E-state index < -0.39 is 0 Å². The van der Waals surface area contributed by atoms with E-state index in [9.17, 15) is 4.79 Å². The largest absolute Gasteiger partial charge is 0.384 e. The molecule has 7 heteroatoms. The summed E-state index contributed by atoms with van der Waals surface area (Å²) in [5, 5.41) is 1.16. The Bertz CT molecular complexity index is 690. The Morgan fingerprint density at radius 1 is 1.20 bits per heavy atom. The van der Waals surface area contributed by atoms with E-state index in [1.165, 1.54) is 17.8 Å². The third-order valence-corrected chi connectivity index (χ3v) is 3.25. The molecule has 0 aliphatic carbocycles. The maximum Gasteiger partial charge on any atom is 0.251 e. The first-order chi connectivity index (χ1) is 9.24. The van der Waals surface area contributed by atoms with Gasteiger partial charge >= 0.3 is 0 Å². The lowest BCUT2D eigenvalue weighted by molar-refractivity contribution is 0.539. The van der Waals surface area contributed by atoms with Crippen LogP contribution in [0.2, 0.25) is 0 Å². The van der Waals surface area contributed by atoms with Gasteiger partial charge in [-0.25, -0.2) is 15.0 Å². The smallest absolute Gasteiger partial charge is 0.251 e. The first-order valence-electron chi connectivity index (χ1n) is 6.15. The van der Waals surface area contributed by atoms with Crippen molar-refractivity contribution in [1.82, 2.24) is 19.9 Å².